The Morgan fingerprint density at radius 2 is 1.91 bits per heavy atom. The molecule has 1 aromatic carbocycles. The Morgan fingerprint density at radius 3 is 2.64 bits per heavy atom. The molecular formula is C14H9Cl2N3O2S. The van der Waals surface area contributed by atoms with Crippen LogP contribution in [0.1, 0.15) is 0 Å². The molecule has 0 fully saturated rings. The summed E-state index contributed by atoms with van der Waals surface area (Å²) in [5.74, 6) is 1.96. The van der Waals surface area contributed by atoms with Gasteiger partial charge < -0.3 is 9.21 Å². The zero-order valence-corrected chi connectivity index (χ0v) is 13.4. The molecule has 0 bridgehead atoms. The van der Waals surface area contributed by atoms with E-state index in [0.29, 0.717) is 38.3 Å². The van der Waals surface area contributed by atoms with Gasteiger partial charge in [0.25, 0.3) is 0 Å². The predicted octanol–water partition coefficient (Wildman–Crippen LogP) is 4.33. The van der Waals surface area contributed by atoms with E-state index in [2.05, 4.69) is 15.2 Å². The normalized spacial score (nSPS) is 10.8. The summed E-state index contributed by atoms with van der Waals surface area (Å²) in [4.78, 5) is 14.6. The molecule has 22 heavy (non-hydrogen) atoms. The lowest BCUT2D eigenvalue weighted by Gasteiger charge is -1.99. The lowest BCUT2D eigenvalue weighted by Crippen LogP contribution is -1.80. The third-order valence-electron chi connectivity index (χ3n) is 2.73. The molecular weight excluding hydrogens is 345 g/mol. The summed E-state index contributed by atoms with van der Waals surface area (Å²) in [6.45, 7) is 0. The first-order valence-electron chi connectivity index (χ1n) is 6.21. The van der Waals surface area contributed by atoms with Gasteiger partial charge in [0.1, 0.15) is 12.0 Å². The number of halogens is 2. The molecule has 0 aliphatic heterocycles. The molecule has 2 aromatic heterocycles. The Hall–Kier alpha value is -1.76. The zero-order valence-electron chi connectivity index (χ0n) is 11.0. The van der Waals surface area contributed by atoms with Crippen molar-refractivity contribution in [2.75, 3.05) is 5.75 Å². The van der Waals surface area contributed by atoms with Crippen LogP contribution >= 0.6 is 35.0 Å². The minimum atomic E-state index is 0.307. The van der Waals surface area contributed by atoms with Crippen LogP contribution in [0.25, 0.3) is 22.9 Å². The summed E-state index contributed by atoms with van der Waals surface area (Å²) in [5, 5.41) is 8.34. The second-order valence-corrected chi connectivity index (χ2v) is 6.13. The summed E-state index contributed by atoms with van der Waals surface area (Å²) >= 11 is 13.2. The van der Waals surface area contributed by atoms with E-state index in [0.717, 1.165) is 11.8 Å². The molecule has 5 nitrogen and oxygen atoms in total. The summed E-state index contributed by atoms with van der Waals surface area (Å²) in [6.07, 6.45) is 0.800. The molecule has 0 unspecified atom stereocenters. The number of H-pyrrole nitrogens is 1. The fraction of sp³-hybridized carbons (Fsp3) is 0.0714. The number of furan rings is 1. The second kappa shape index (κ2) is 6.56. The fourth-order valence-corrected chi connectivity index (χ4v) is 2.86. The van der Waals surface area contributed by atoms with Gasteiger partial charge in [-0.05, 0) is 30.3 Å². The number of aromatic amines is 1. The molecule has 8 heteroatoms. The first-order chi connectivity index (χ1) is 10.7. The number of aldehydes is 1. The molecule has 0 aliphatic carbocycles. The SMILES string of the molecule is O=CCSc1n[nH]c(-c2ccc(-c3cc(Cl)cc(Cl)c3)o2)n1. The van der Waals surface area contributed by atoms with Gasteiger partial charge in [0.2, 0.25) is 5.16 Å². The average Bonchev–Trinajstić information content (AvgIpc) is 3.13. The number of thioether (sulfide) groups is 1. The Labute approximate surface area is 140 Å². The standard InChI is InChI=1S/C14H9Cl2N3O2S/c15-9-5-8(6-10(16)7-9)11-1-2-12(21-11)13-17-14(19-18-13)22-4-3-20/h1-3,5-7H,4H2,(H,17,18,19). The molecule has 2 heterocycles. The highest BCUT2D eigenvalue weighted by Crippen LogP contribution is 2.31. The van der Waals surface area contributed by atoms with Crippen LogP contribution in [0.4, 0.5) is 0 Å². The van der Waals surface area contributed by atoms with E-state index in [4.69, 9.17) is 27.6 Å². The number of rotatable bonds is 5. The van der Waals surface area contributed by atoms with Crippen molar-refractivity contribution in [2.24, 2.45) is 0 Å². The molecule has 0 spiro atoms. The number of benzene rings is 1. The first-order valence-corrected chi connectivity index (χ1v) is 7.95. The maximum absolute atomic E-state index is 10.3. The number of nitrogens with zero attached hydrogens (tertiary/aromatic N) is 2. The number of aromatic nitrogens is 3. The second-order valence-electron chi connectivity index (χ2n) is 4.27. The van der Waals surface area contributed by atoms with Crippen LogP contribution in [0.2, 0.25) is 10.0 Å². The Morgan fingerprint density at radius 1 is 1.18 bits per heavy atom. The lowest BCUT2D eigenvalue weighted by molar-refractivity contribution is -0.105. The number of carbonyl (C=O) groups excluding carboxylic acids is 1. The average molecular weight is 354 g/mol. The van der Waals surface area contributed by atoms with Crippen molar-refractivity contribution in [3.05, 3.63) is 40.4 Å². The number of carbonyl (C=O) groups is 1. The van der Waals surface area contributed by atoms with E-state index in [-0.39, 0.29) is 0 Å². The van der Waals surface area contributed by atoms with Gasteiger partial charge >= 0.3 is 0 Å². The van der Waals surface area contributed by atoms with Crippen molar-refractivity contribution in [1.29, 1.82) is 0 Å². The number of nitrogens with one attached hydrogen (secondary N) is 1. The zero-order chi connectivity index (χ0) is 15.5. The molecule has 0 aliphatic rings. The number of hydrogen-bond donors (Lipinski definition) is 1. The fourth-order valence-electron chi connectivity index (χ4n) is 1.85. The molecule has 112 valence electrons. The molecule has 0 amide bonds. The van der Waals surface area contributed by atoms with E-state index >= 15 is 0 Å². The van der Waals surface area contributed by atoms with Gasteiger partial charge in [0, 0.05) is 15.6 Å². The predicted molar refractivity (Wildman–Crippen MR) is 86.3 cm³/mol. The van der Waals surface area contributed by atoms with E-state index in [1.165, 1.54) is 11.8 Å². The van der Waals surface area contributed by atoms with Gasteiger partial charge in [-0.25, -0.2) is 0 Å². The van der Waals surface area contributed by atoms with Crippen molar-refractivity contribution in [3.8, 4) is 22.9 Å². The van der Waals surface area contributed by atoms with Crippen LogP contribution in [-0.4, -0.2) is 27.2 Å². The maximum Gasteiger partial charge on any atom is 0.209 e. The minimum Gasteiger partial charge on any atom is -0.453 e. The van der Waals surface area contributed by atoms with Crippen molar-refractivity contribution in [2.45, 2.75) is 5.16 Å². The molecule has 1 N–H and O–H groups in total. The van der Waals surface area contributed by atoms with Crippen molar-refractivity contribution < 1.29 is 9.21 Å². The highest BCUT2D eigenvalue weighted by atomic mass is 35.5. The smallest absolute Gasteiger partial charge is 0.209 e. The lowest BCUT2D eigenvalue weighted by atomic mass is 10.2. The Bertz CT molecular complexity index is 796. The number of hydrogen-bond acceptors (Lipinski definition) is 5. The largest absolute Gasteiger partial charge is 0.453 e. The van der Waals surface area contributed by atoms with Crippen molar-refractivity contribution in [1.82, 2.24) is 15.2 Å². The summed E-state index contributed by atoms with van der Waals surface area (Å²) in [7, 11) is 0. The Balaban J connectivity index is 1.87. The molecule has 0 atom stereocenters. The van der Waals surface area contributed by atoms with Gasteiger partial charge in [0.15, 0.2) is 11.6 Å². The van der Waals surface area contributed by atoms with Crippen LogP contribution in [0.3, 0.4) is 0 Å². The van der Waals surface area contributed by atoms with Crippen LogP contribution in [0, 0.1) is 0 Å². The first kappa shape index (κ1) is 15.1. The van der Waals surface area contributed by atoms with Gasteiger partial charge in [-0.15, -0.1) is 5.10 Å². The molecule has 0 saturated heterocycles. The van der Waals surface area contributed by atoms with E-state index in [1.807, 2.05) is 0 Å². The molecule has 3 rings (SSSR count). The van der Waals surface area contributed by atoms with E-state index in [1.54, 1.807) is 30.3 Å². The van der Waals surface area contributed by atoms with Crippen LogP contribution in [0.5, 0.6) is 0 Å². The third kappa shape index (κ3) is 3.35. The highest BCUT2D eigenvalue weighted by molar-refractivity contribution is 7.99. The van der Waals surface area contributed by atoms with Crippen LogP contribution in [0.15, 0.2) is 39.9 Å². The topological polar surface area (TPSA) is 71.8 Å². The minimum absolute atomic E-state index is 0.307. The summed E-state index contributed by atoms with van der Waals surface area (Å²) in [6, 6.07) is 8.77. The van der Waals surface area contributed by atoms with Gasteiger partial charge in [-0.2, -0.15) is 4.98 Å². The van der Waals surface area contributed by atoms with Crippen molar-refractivity contribution in [3.63, 3.8) is 0 Å². The van der Waals surface area contributed by atoms with E-state index in [9.17, 15) is 4.79 Å². The Kier molecular flexibility index (Phi) is 4.52. The van der Waals surface area contributed by atoms with Gasteiger partial charge in [-0.3, -0.25) is 5.10 Å². The monoisotopic (exact) mass is 353 g/mol. The molecule has 0 radical (unpaired) electrons. The van der Waals surface area contributed by atoms with E-state index < -0.39 is 0 Å². The summed E-state index contributed by atoms with van der Waals surface area (Å²) in [5.41, 5.74) is 0.777. The summed E-state index contributed by atoms with van der Waals surface area (Å²) < 4.78 is 5.75. The van der Waals surface area contributed by atoms with Gasteiger partial charge in [-0.1, -0.05) is 35.0 Å². The molecule has 0 saturated carbocycles. The highest BCUT2D eigenvalue weighted by Gasteiger charge is 2.12. The van der Waals surface area contributed by atoms with Crippen molar-refractivity contribution >= 4 is 41.2 Å². The maximum atomic E-state index is 10.3. The molecule has 3 aromatic rings. The van der Waals surface area contributed by atoms with Crippen LogP contribution in [-0.2, 0) is 4.79 Å². The van der Waals surface area contributed by atoms with Gasteiger partial charge in [0.05, 0.1) is 5.75 Å². The third-order valence-corrected chi connectivity index (χ3v) is 3.91. The quantitative estimate of drug-likeness (QED) is 0.545. The van der Waals surface area contributed by atoms with Crippen LogP contribution < -0.4 is 0 Å².